The van der Waals surface area contributed by atoms with Gasteiger partial charge in [0, 0.05) is 6.42 Å². The van der Waals surface area contributed by atoms with Crippen LogP contribution in [0.25, 0.3) is 0 Å². The molecule has 0 saturated carbocycles. The molecule has 15 heavy (non-hydrogen) atoms. The Morgan fingerprint density at radius 3 is 1.93 bits per heavy atom. The van der Waals surface area contributed by atoms with E-state index >= 15 is 0 Å². The zero-order chi connectivity index (χ0) is 12.7. The van der Waals surface area contributed by atoms with Crippen molar-refractivity contribution in [2.45, 2.75) is 34.1 Å². The summed E-state index contributed by atoms with van der Waals surface area (Å²) >= 11 is 0. The van der Waals surface area contributed by atoms with Crippen LogP contribution >= 0.6 is 0 Å². The first kappa shape index (κ1) is 19.4. The van der Waals surface area contributed by atoms with E-state index < -0.39 is 0 Å². The van der Waals surface area contributed by atoms with Crippen molar-refractivity contribution in [2.24, 2.45) is 5.73 Å². The van der Waals surface area contributed by atoms with E-state index in [1.54, 1.807) is 25.2 Å². The van der Waals surface area contributed by atoms with Crippen LogP contribution in [-0.2, 0) is 4.79 Å². The first-order valence-corrected chi connectivity index (χ1v) is 5.25. The first-order chi connectivity index (χ1) is 7.12. The Balaban J connectivity index is -0.000000245. The summed E-state index contributed by atoms with van der Waals surface area (Å²) in [5, 5.41) is 0. The van der Waals surface area contributed by atoms with Gasteiger partial charge in [-0.25, -0.2) is 0 Å². The lowest BCUT2D eigenvalue weighted by atomic mass is 10.1. The lowest BCUT2D eigenvalue weighted by Gasteiger charge is -1.93. The number of nitrogens with two attached hydrogens (primary N) is 1. The van der Waals surface area contributed by atoms with Crippen LogP contribution in [0.1, 0.15) is 34.1 Å². The fraction of sp³-hybridized carbons (Fsp3) is 0.462. The van der Waals surface area contributed by atoms with Crippen LogP contribution < -0.4 is 5.73 Å². The minimum absolute atomic E-state index is 0.146. The molecule has 0 aliphatic carbocycles. The van der Waals surface area contributed by atoms with Gasteiger partial charge in [-0.1, -0.05) is 52.2 Å². The van der Waals surface area contributed by atoms with E-state index in [1.807, 2.05) is 20.8 Å². The molecule has 2 nitrogen and oxygen atoms in total. The van der Waals surface area contributed by atoms with Gasteiger partial charge in [0.2, 0.25) is 0 Å². The van der Waals surface area contributed by atoms with Gasteiger partial charge in [0.1, 0.15) is 5.78 Å². The second kappa shape index (κ2) is 18.6. The highest BCUT2D eigenvalue weighted by Crippen LogP contribution is 2.02. The Kier molecular flexibility index (Phi) is 24.1. The van der Waals surface area contributed by atoms with E-state index in [4.69, 9.17) is 5.73 Å². The molecular formula is C13H25NO. The highest BCUT2D eigenvalue weighted by atomic mass is 16.1. The highest BCUT2D eigenvalue weighted by Gasteiger charge is 1.94. The molecule has 88 valence electrons. The molecule has 0 aromatic carbocycles. The Labute approximate surface area is 94.6 Å². The van der Waals surface area contributed by atoms with Crippen molar-refractivity contribution >= 4 is 5.78 Å². The molecule has 0 heterocycles. The summed E-state index contributed by atoms with van der Waals surface area (Å²) in [4.78, 5) is 10.6. The maximum absolute atomic E-state index is 10.6. The standard InChI is InChI=1S/C9H12O.C2H7N.C2H6/c1-4-6-9(5-2)7-8(3)10;1-2-3;1-2/h4-6H,1-2,7H2,3H3;2-3H2,1H3;1-2H3/b9-6+;;. The minimum Gasteiger partial charge on any atom is -0.331 e. The number of rotatable bonds is 4. The van der Waals surface area contributed by atoms with Crippen LogP contribution in [0.3, 0.4) is 0 Å². The van der Waals surface area contributed by atoms with E-state index in [0.717, 1.165) is 12.1 Å². The van der Waals surface area contributed by atoms with Crippen molar-refractivity contribution in [1.82, 2.24) is 0 Å². The molecular weight excluding hydrogens is 186 g/mol. The number of allylic oxidation sites excluding steroid dienone is 4. The molecule has 0 bridgehead atoms. The van der Waals surface area contributed by atoms with Gasteiger partial charge in [-0.2, -0.15) is 0 Å². The molecule has 0 saturated heterocycles. The number of carbonyl (C=O) groups is 1. The molecule has 0 atom stereocenters. The molecule has 0 rings (SSSR count). The summed E-state index contributed by atoms with van der Waals surface area (Å²) in [6, 6.07) is 0. The van der Waals surface area contributed by atoms with Crippen LogP contribution in [0, 0.1) is 0 Å². The molecule has 0 aromatic rings. The molecule has 0 aliphatic rings. The van der Waals surface area contributed by atoms with E-state index in [-0.39, 0.29) is 5.78 Å². The zero-order valence-electron chi connectivity index (χ0n) is 10.5. The second-order valence-electron chi connectivity index (χ2n) is 2.47. The van der Waals surface area contributed by atoms with Gasteiger partial charge in [-0.15, -0.1) is 0 Å². The Hall–Kier alpha value is -1.15. The highest BCUT2D eigenvalue weighted by molar-refractivity contribution is 5.78. The number of Topliss-reactive ketones (excluding diaryl/α,β-unsaturated/α-hetero) is 1. The van der Waals surface area contributed by atoms with Gasteiger partial charge in [-0.3, -0.25) is 4.79 Å². The average molecular weight is 211 g/mol. The quantitative estimate of drug-likeness (QED) is 0.725. The van der Waals surface area contributed by atoms with Gasteiger partial charge in [0.25, 0.3) is 0 Å². The SMILES string of the molecule is C=C/C=C(\C=C)CC(C)=O.CC.CCN. The van der Waals surface area contributed by atoms with Gasteiger partial charge in [0.15, 0.2) is 0 Å². The molecule has 0 amide bonds. The maximum atomic E-state index is 10.6. The molecule has 2 heteroatoms. The molecule has 0 aliphatic heterocycles. The lowest BCUT2D eigenvalue weighted by molar-refractivity contribution is -0.116. The largest absolute Gasteiger partial charge is 0.331 e. The molecule has 0 unspecified atom stereocenters. The van der Waals surface area contributed by atoms with Crippen molar-refractivity contribution < 1.29 is 4.79 Å². The summed E-state index contributed by atoms with van der Waals surface area (Å²) in [5.41, 5.74) is 5.77. The van der Waals surface area contributed by atoms with Crippen molar-refractivity contribution in [1.29, 1.82) is 0 Å². The predicted molar refractivity (Wildman–Crippen MR) is 69.9 cm³/mol. The minimum atomic E-state index is 0.146. The van der Waals surface area contributed by atoms with E-state index in [2.05, 4.69) is 13.2 Å². The van der Waals surface area contributed by atoms with Crippen LogP contribution in [-0.4, -0.2) is 12.3 Å². The van der Waals surface area contributed by atoms with Gasteiger partial charge in [0.05, 0.1) is 0 Å². The second-order valence-corrected chi connectivity index (χ2v) is 2.47. The van der Waals surface area contributed by atoms with Crippen molar-refractivity contribution in [3.63, 3.8) is 0 Å². The number of carbonyl (C=O) groups excluding carboxylic acids is 1. The number of hydrogen-bond donors (Lipinski definition) is 1. The van der Waals surface area contributed by atoms with E-state index in [1.165, 1.54) is 0 Å². The Morgan fingerprint density at radius 1 is 1.33 bits per heavy atom. The maximum Gasteiger partial charge on any atom is 0.134 e. The van der Waals surface area contributed by atoms with Gasteiger partial charge >= 0.3 is 0 Å². The van der Waals surface area contributed by atoms with E-state index in [0.29, 0.717) is 6.42 Å². The fourth-order valence-corrected chi connectivity index (χ4v) is 0.638. The Morgan fingerprint density at radius 2 is 1.73 bits per heavy atom. The fourth-order valence-electron chi connectivity index (χ4n) is 0.638. The smallest absolute Gasteiger partial charge is 0.134 e. The lowest BCUT2D eigenvalue weighted by Crippen LogP contribution is -1.90. The number of hydrogen-bond acceptors (Lipinski definition) is 2. The van der Waals surface area contributed by atoms with Gasteiger partial charge in [-0.05, 0) is 19.0 Å². The van der Waals surface area contributed by atoms with Crippen molar-refractivity contribution in [3.05, 3.63) is 37.0 Å². The summed E-state index contributed by atoms with van der Waals surface area (Å²) in [5.74, 6) is 0.146. The molecule has 0 radical (unpaired) electrons. The molecule has 2 N–H and O–H groups in total. The third kappa shape index (κ3) is 24.5. The monoisotopic (exact) mass is 211 g/mol. The summed E-state index contributed by atoms with van der Waals surface area (Å²) < 4.78 is 0. The van der Waals surface area contributed by atoms with Gasteiger partial charge < -0.3 is 5.73 Å². The van der Waals surface area contributed by atoms with Crippen LogP contribution in [0.4, 0.5) is 0 Å². The van der Waals surface area contributed by atoms with Crippen LogP contribution in [0.5, 0.6) is 0 Å². The summed E-state index contributed by atoms with van der Waals surface area (Å²) in [6.45, 7) is 15.3. The predicted octanol–water partition coefficient (Wildman–Crippen LogP) is 3.26. The number of ketones is 1. The van der Waals surface area contributed by atoms with Crippen molar-refractivity contribution in [3.8, 4) is 0 Å². The topological polar surface area (TPSA) is 43.1 Å². The third-order valence-corrected chi connectivity index (χ3v) is 1.05. The van der Waals surface area contributed by atoms with Crippen LogP contribution in [0.15, 0.2) is 37.0 Å². The normalized spacial score (nSPS) is 8.73. The summed E-state index contributed by atoms with van der Waals surface area (Å²) in [6.07, 6.45) is 5.56. The first-order valence-electron chi connectivity index (χ1n) is 5.25. The molecule has 0 aromatic heterocycles. The molecule has 0 spiro atoms. The molecule has 0 fully saturated rings. The third-order valence-electron chi connectivity index (χ3n) is 1.05. The Bertz CT molecular complexity index is 193. The van der Waals surface area contributed by atoms with E-state index in [9.17, 15) is 4.79 Å². The van der Waals surface area contributed by atoms with Crippen molar-refractivity contribution in [2.75, 3.05) is 6.54 Å². The summed E-state index contributed by atoms with van der Waals surface area (Å²) in [7, 11) is 0. The average Bonchev–Trinajstić information content (AvgIpc) is 2.21. The zero-order valence-corrected chi connectivity index (χ0v) is 10.5. The van der Waals surface area contributed by atoms with Crippen LogP contribution in [0.2, 0.25) is 0 Å².